The van der Waals surface area contributed by atoms with Gasteiger partial charge in [0.1, 0.15) is 6.61 Å². The highest BCUT2D eigenvalue weighted by Crippen LogP contribution is 2.19. The van der Waals surface area contributed by atoms with Gasteiger partial charge in [-0.25, -0.2) is 4.39 Å². The van der Waals surface area contributed by atoms with Gasteiger partial charge in [0.15, 0.2) is 16.6 Å². The largest absolute Gasteiger partial charge is 0.483 e. The highest BCUT2D eigenvalue weighted by Gasteiger charge is 2.05. The maximum absolute atomic E-state index is 13.2. The summed E-state index contributed by atoms with van der Waals surface area (Å²) in [6, 6.07) is 6.27. The van der Waals surface area contributed by atoms with Crippen molar-refractivity contribution >= 4 is 16.5 Å². The van der Waals surface area contributed by atoms with Gasteiger partial charge in [-0.05, 0) is 12.1 Å². The number of halogens is 1. The summed E-state index contributed by atoms with van der Waals surface area (Å²) in [7, 11) is 1.77. The van der Waals surface area contributed by atoms with E-state index in [1.54, 1.807) is 25.2 Å². The second kappa shape index (κ2) is 4.89. The topological polar surface area (TPSA) is 47.0 Å². The van der Waals surface area contributed by atoms with Gasteiger partial charge in [0.25, 0.3) is 0 Å². The second-order valence-electron chi connectivity index (χ2n) is 2.97. The predicted octanol–water partition coefficient (Wildman–Crippen LogP) is 2.30. The average molecular weight is 239 g/mol. The van der Waals surface area contributed by atoms with Crippen LogP contribution in [0.3, 0.4) is 0 Å². The molecule has 4 nitrogen and oxygen atoms in total. The van der Waals surface area contributed by atoms with Crippen LogP contribution < -0.4 is 10.1 Å². The Morgan fingerprint density at radius 2 is 2.19 bits per heavy atom. The van der Waals surface area contributed by atoms with Crippen molar-refractivity contribution in [1.29, 1.82) is 0 Å². The van der Waals surface area contributed by atoms with Crippen molar-refractivity contribution in [2.45, 2.75) is 6.61 Å². The van der Waals surface area contributed by atoms with Gasteiger partial charge in [-0.2, -0.15) is 0 Å². The molecule has 0 saturated heterocycles. The summed E-state index contributed by atoms with van der Waals surface area (Å²) in [4.78, 5) is 0. The van der Waals surface area contributed by atoms with E-state index in [0.29, 0.717) is 10.1 Å². The molecule has 16 heavy (non-hydrogen) atoms. The summed E-state index contributed by atoms with van der Waals surface area (Å²) in [5, 5.41) is 12.0. The first-order chi connectivity index (χ1) is 7.79. The van der Waals surface area contributed by atoms with E-state index in [1.807, 2.05) is 0 Å². The highest BCUT2D eigenvalue weighted by molar-refractivity contribution is 7.15. The molecule has 0 aliphatic carbocycles. The monoisotopic (exact) mass is 239 g/mol. The van der Waals surface area contributed by atoms with E-state index in [1.165, 1.54) is 17.4 Å². The fourth-order valence-corrected chi connectivity index (χ4v) is 1.72. The lowest BCUT2D eigenvalue weighted by molar-refractivity contribution is 0.289. The van der Waals surface area contributed by atoms with Crippen LogP contribution in [0, 0.1) is 5.82 Å². The first kappa shape index (κ1) is 10.8. The molecule has 0 saturated carbocycles. The van der Waals surface area contributed by atoms with Crippen molar-refractivity contribution in [1.82, 2.24) is 10.2 Å². The Balaban J connectivity index is 1.99. The molecule has 1 aromatic heterocycles. The summed E-state index contributed by atoms with van der Waals surface area (Å²) in [5.41, 5.74) is 0. The molecule has 1 aromatic carbocycles. The van der Waals surface area contributed by atoms with Crippen LogP contribution in [-0.4, -0.2) is 17.2 Å². The molecule has 6 heteroatoms. The minimum Gasteiger partial charge on any atom is -0.483 e. The number of hydrogen-bond donors (Lipinski definition) is 1. The van der Waals surface area contributed by atoms with Crippen molar-refractivity contribution in [3.63, 3.8) is 0 Å². The van der Waals surface area contributed by atoms with Gasteiger partial charge in [0.05, 0.1) is 0 Å². The fraction of sp³-hybridized carbons (Fsp3) is 0.200. The molecule has 2 rings (SSSR count). The van der Waals surface area contributed by atoms with Crippen LogP contribution in [0.5, 0.6) is 5.75 Å². The number of ether oxygens (including phenoxy) is 1. The maximum Gasteiger partial charge on any atom is 0.205 e. The van der Waals surface area contributed by atoms with Crippen LogP contribution in [-0.2, 0) is 6.61 Å². The van der Waals surface area contributed by atoms with Crippen LogP contribution in [0.1, 0.15) is 5.01 Å². The molecule has 84 valence electrons. The Morgan fingerprint density at radius 1 is 1.38 bits per heavy atom. The van der Waals surface area contributed by atoms with Crippen molar-refractivity contribution in [2.75, 3.05) is 12.4 Å². The number of anilines is 1. The van der Waals surface area contributed by atoms with Crippen molar-refractivity contribution in [3.05, 3.63) is 35.1 Å². The van der Waals surface area contributed by atoms with Crippen LogP contribution in [0.2, 0.25) is 0 Å². The molecule has 2 aromatic rings. The zero-order valence-corrected chi connectivity index (χ0v) is 9.42. The molecule has 0 spiro atoms. The average Bonchev–Trinajstić information content (AvgIpc) is 2.76. The van der Waals surface area contributed by atoms with Crippen LogP contribution in [0.15, 0.2) is 24.3 Å². The standard InChI is InChI=1S/C10H10FN3OS/c1-12-10-14-13-9(16-10)6-15-8-5-3-2-4-7(8)11/h2-5H,6H2,1H3,(H,12,14). The number of benzene rings is 1. The molecular formula is C10H10FN3OS. The molecular weight excluding hydrogens is 229 g/mol. The Hall–Kier alpha value is -1.69. The van der Waals surface area contributed by atoms with Gasteiger partial charge in [-0.3, -0.25) is 0 Å². The molecule has 1 heterocycles. The Kier molecular flexibility index (Phi) is 3.31. The predicted molar refractivity (Wildman–Crippen MR) is 60.2 cm³/mol. The summed E-state index contributed by atoms with van der Waals surface area (Å²) < 4.78 is 18.5. The van der Waals surface area contributed by atoms with E-state index in [-0.39, 0.29) is 18.2 Å². The third-order valence-corrected chi connectivity index (χ3v) is 2.78. The number of rotatable bonds is 4. The number of aromatic nitrogens is 2. The molecule has 0 unspecified atom stereocenters. The lowest BCUT2D eigenvalue weighted by Gasteiger charge is -2.03. The van der Waals surface area contributed by atoms with Crippen LogP contribution in [0.25, 0.3) is 0 Å². The molecule has 0 bridgehead atoms. The minimum atomic E-state index is -0.374. The van der Waals surface area contributed by atoms with E-state index >= 15 is 0 Å². The van der Waals surface area contributed by atoms with Gasteiger partial charge in [-0.1, -0.05) is 23.5 Å². The van der Waals surface area contributed by atoms with Gasteiger partial charge in [0.2, 0.25) is 5.13 Å². The first-order valence-electron chi connectivity index (χ1n) is 4.67. The van der Waals surface area contributed by atoms with Gasteiger partial charge < -0.3 is 10.1 Å². The molecule has 0 aliphatic rings. The SMILES string of the molecule is CNc1nnc(COc2ccccc2F)s1. The molecule has 0 aliphatic heterocycles. The van der Waals surface area contributed by atoms with Gasteiger partial charge in [-0.15, -0.1) is 10.2 Å². The van der Waals surface area contributed by atoms with Crippen molar-refractivity contribution in [3.8, 4) is 5.75 Å². The Labute approximate surface area is 96.1 Å². The van der Waals surface area contributed by atoms with Gasteiger partial charge in [0, 0.05) is 7.05 Å². The number of nitrogens with one attached hydrogen (secondary N) is 1. The number of hydrogen-bond acceptors (Lipinski definition) is 5. The van der Waals surface area contributed by atoms with Crippen molar-refractivity contribution < 1.29 is 9.13 Å². The Bertz CT molecular complexity index is 475. The Morgan fingerprint density at radius 3 is 2.88 bits per heavy atom. The van der Waals surface area contributed by atoms with E-state index in [9.17, 15) is 4.39 Å². The normalized spacial score (nSPS) is 10.1. The van der Waals surface area contributed by atoms with E-state index < -0.39 is 0 Å². The fourth-order valence-electron chi connectivity index (χ4n) is 1.11. The maximum atomic E-state index is 13.2. The number of nitrogens with zero attached hydrogens (tertiary/aromatic N) is 2. The summed E-state index contributed by atoms with van der Waals surface area (Å²) in [6.07, 6.45) is 0. The lowest BCUT2D eigenvalue weighted by Crippen LogP contribution is -1.96. The van der Waals surface area contributed by atoms with E-state index in [2.05, 4.69) is 15.5 Å². The second-order valence-corrected chi connectivity index (χ2v) is 4.03. The smallest absolute Gasteiger partial charge is 0.205 e. The van der Waals surface area contributed by atoms with E-state index in [4.69, 9.17) is 4.74 Å². The lowest BCUT2D eigenvalue weighted by atomic mass is 10.3. The van der Waals surface area contributed by atoms with Crippen molar-refractivity contribution in [2.24, 2.45) is 0 Å². The summed E-state index contributed by atoms with van der Waals surface area (Å²) >= 11 is 1.38. The summed E-state index contributed by atoms with van der Waals surface area (Å²) in [6.45, 7) is 0.223. The molecule has 1 N–H and O–H groups in total. The molecule has 0 atom stereocenters. The van der Waals surface area contributed by atoms with Crippen LogP contribution in [0.4, 0.5) is 9.52 Å². The van der Waals surface area contributed by atoms with E-state index in [0.717, 1.165) is 0 Å². The molecule has 0 radical (unpaired) electrons. The molecule has 0 fully saturated rings. The first-order valence-corrected chi connectivity index (χ1v) is 5.48. The number of para-hydroxylation sites is 1. The molecule has 0 amide bonds. The highest BCUT2D eigenvalue weighted by atomic mass is 32.1. The zero-order chi connectivity index (χ0) is 11.4. The third-order valence-electron chi connectivity index (χ3n) is 1.87. The van der Waals surface area contributed by atoms with Gasteiger partial charge >= 0.3 is 0 Å². The third kappa shape index (κ3) is 2.46. The zero-order valence-electron chi connectivity index (χ0n) is 8.61. The summed E-state index contributed by atoms with van der Waals surface area (Å²) in [5.74, 6) is -0.149. The quantitative estimate of drug-likeness (QED) is 0.889. The minimum absolute atomic E-state index is 0.223. The van der Waals surface area contributed by atoms with Crippen LogP contribution >= 0.6 is 11.3 Å².